The molecular formula is C20H37N7. The number of hydrogen-bond donors (Lipinski definition) is 3. The molecule has 7 heteroatoms. The summed E-state index contributed by atoms with van der Waals surface area (Å²) in [4.78, 5) is 14.0. The van der Waals surface area contributed by atoms with E-state index in [9.17, 15) is 0 Å². The Hall–Kier alpha value is -1.76. The van der Waals surface area contributed by atoms with Crippen molar-refractivity contribution in [1.82, 2.24) is 14.9 Å². The van der Waals surface area contributed by atoms with Crippen LogP contribution in [-0.2, 0) is 0 Å². The minimum atomic E-state index is 0.546. The molecule has 1 aromatic heterocycles. The topological polar surface area (TPSA) is 82.3 Å². The molecule has 0 unspecified atom stereocenters. The van der Waals surface area contributed by atoms with Crippen molar-refractivity contribution in [1.29, 1.82) is 0 Å². The predicted molar refractivity (Wildman–Crippen MR) is 114 cm³/mol. The van der Waals surface area contributed by atoms with Gasteiger partial charge in [0.25, 0.3) is 0 Å². The minimum absolute atomic E-state index is 0.546. The lowest BCUT2D eigenvalue weighted by molar-refractivity contribution is 0.185. The summed E-state index contributed by atoms with van der Waals surface area (Å²) in [5.74, 6) is 3.07. The van der Waals surface area contributed by atoms with Crippen LogP contribution >= 0.6 is 0 Å². The predicted octanol–water partition coefficient (Wildman–Crippen LogP) is 3.36. The van der Waals surface area contributed by atoms with Crippen LogP contribution in [0.4, 0.5) is 23.3 Å². The summed E-state index contributed by atoms with van der Waals surface area (Å²) >= 11 is 0. The molecule has 0 amide bonds. The van der Waals surface area contributed by atoms with Gasteiger partial charge in [-0.3, -0.25) is 0 Å². The summed E-state index contributed by atoms with van der Waals surface area (Å²) in [7, 11) is 0. The molecule has 0 bridgehead atoms. The Morgan fingerprint density at radius 1 is 1.15 bits per heavy atom. The fourth-order valence-corrected chi connectivity index (χ4v) is 4.08. The average Bonchev–Trinajstić information content (AvgIpc) is 3.09. The Balaban J connectivity index is 1.44. The standard InChI is InChI=1S/C20H37N7/c1-3-5-11-22-20-24-18(21)17-19(25-20)27(15-23-17)12-7-6-8-16-9-13-26(4-2)14-10-16/h16,23H,3-15H2,1-2H3,(H3,21,22,24,25). The molecule has 1 saturated heterocycles. The van der Waals surface area contributed by atoms with Crippen molar-refractivity contribution < 1.29 is 0 Å². The third-order valence-electron chi connectivity index (χ3n) is 5.92. The van der Waals surface area contributed by atoms with Gasteiger partial charge in [-0.1, -0.05) is 33.1 Å². The second-order valence-corrected chi connectivity index (χ2v) is 7.88. The molecule has 0 saturated carbocycles. The van der Waals surface area contributed by atoms with E-state index in [-0.39, 0.29) is 0 Å². The van der Waals surface area contributed by atoms with E-state index in [4.69, 9.17) is 10.7 Å². The van der Waals surface area contributed by atoms with Gasteiger partial charge in [-0.25, -0.2) is 0 Å². The molecule has 3 heterocycles. The molecule has 3 rings (SSSR count). The smallest absolute Gasteiger partial charge is 0.226 e. The van der Waals surface area contributed by atoms with Gasteiger partial charge < -0.3 is 26.2 Å². The van der Waals surface area contributed by atoms with E-state index in [2.05, 4.69) is 39.3 Å². The first-order valence-corrected chi connectivity index (χ1v) is 10.8. The molecule has 2 aliphatic rings. The van der Waals surface area contributed by atoms with Gasteiger partial charge in [0, 0.05) is 13.1 Å². The Bertz CT molecular complexity index is 584. The van der Waals surface area contributed by atoms with E-state index in [1.807, 2.05) is 0 Å². The highest BCUT2D eigenvalue weighted by atomic mass is 15.3. The number of nitrogens with one attached hydrogen (secondary N) is 2. The molecule has 27 heavy (non-hydrogen) atoms. The normalized spacial score (nSPS) is 17.8. The number of likely N-dealkylation sites (tertiary alicyclic amines) is 1. The first kappa shape index (κ1) is 20.0. The average molecular weight is 376 g/mol. The lowest BCUT2D eigenvalue weighted by atomic mass is 9.91. The van der Waals surface area contributed by atoms with Crippen molar-refractivity contribution in [2.24, 2.45) is 5.92 Å². The molecule has 152 valence electrons. The van der Waals surface area contributed by atoms with Gasteiger partial charge in [0.05, 0.1) is 6.67 Å². The van der Waals surface area contributed by atoms with Crippen LogP contribution < -0.4 is 21.3 Å². The largest absolute Gasteiger partial charge is 0.382 e. The van der Waals surface area contributed by atoms with Crippen molar-refractivity contribution in [3.63, 3.8) is 0 Å². The van der Waals surface area contributed by atoms with Gasteiger partial charge in [-0.15, -0.1) is 0 Å². The lowest BCUT2D eigenvalue weighted by Gasteiger charge is -2.31. The quantitative estimate of drug-likeness (QED) is 0.541. The van der Waals surface area contributed by atoms with Gasteiger partial charge in [-0.2, -0.15) is 9.97 Å². The second kappa shape index (κ2) is 9.97. The minimum Gasteiger partial charge on any atom is -0.382 e. The zero-order valence-corrected chi connectivity index (χ0v) is 17.1. The van der Waals surface area contributed by atoms with Gasteiger partial charge in [0.15, 0.2) is 11.6 Å². The first-order chi connectivity index (χ1) is 13.2. The summed E-state index contributed by atoms with van der Waals surface area (Å²) in [6, 6.07) is 0. The molecule has 0 atom stereocenters. The monoisotopic (exact) mass is 375 g/mol. The third kappa shape index (κ3) is 5.37. The van der Waals surface area contributed by atoms with Crippen molar-refractivity contribution in [3.8, 4) is 0 Å². The maximum Gasteiger partial charge on any atom is 0.226 e. The van der Waals surface area contributed by atoms with E-state index in [1.54, 1.807) is 0 Å². The molecule has 1 aromatic rings. The van der Waals surface area contributed by atoms with Crippen LogP contribution in [0, 0.1) is 5.92 Å². The van der Waals surface area contributed by atoms with Gasteiger partial charge >= 0.3 is 0 Å². The molecule has 7 nitrogen and oxygen atoms in total. The van der Waals surface area contributed by atoms with Crippen LogP contribution in [-0.4, -0.2) is 54.3 Å². The highest BCUT2D eigenvalue weighted by Gasteiger charge is 2.24. The number of rotatable bonds is 10. The summed E-state index contributed by atoms with van der Waals surface area (Å²) in [6.07, 6.45) is 8.87. The van der Waals surface area contributed by atoms with E-state index in [0.717, 1.165) is 50.0 Å². The number of nitrogens with two attached hydrogens (primary N) is 1. The van der Waals surface area contributed by atoms with Crippen LogP contribution in [0.3, 0.4) is 0 Å². The third-order valence-corrected chi connectivity index (χ3v) is 5.92. The summed E-state index contributed by atoms with van der Waals surface area (Å²) in [5.41, 5.74) is 7.02. The summed E-state index contributed by atoms with van der Waals surface area (Å²) < 4.78 is 0. The van der Waals surface area contributed by atoms with Crippen LogP contribution in [0.1, 0.15) is 58.8 Å². The maximum absolute atomic E-state index is 6.13. The Labute approximate surface area is 164 Å². The van der Waals surface area contributed by atoms with E-state index in [0.29, 0.717) is 11.8 Å². The van der Waals surface area contributed by atoms with E-state index < -0.39 is 0 Å². The molecular weight excluding hydrogens is 338 g/mol. The fraction of sp³-hybridized carbons (Fsp3) is 0.800. The zero-order valence-electron chi connectivity index (χ0n) is 17.1. The number of unbranched alkanes of at least 4 members (excludes halogenated alkanes) is 2. The van der Waals surface area contributed by atoms with E-state index in [1.165, 1.54) is 51.7 Å². The maximum atomic E-state index is 6.13. The van der Waals surface area contributed by atoms with E-state index >= 15 is 0 Å². The summed E-state index contributed by atoms with van der Waals surface area (Å²) in [6.45, 7) is 10.9. The zero-order chi connectivity index (χ0) is 19.1. The van der Waals surface area contributed by atoms with Crippen LogP contribution in [0.15, 0.2) is 0 Å². The highest BCUT2D eigenvalue weighted by molar-refractivity contribution is 5.81. The number of fused-ring (bicyclic) bond motifs is 1. The van der Waals surface area contributed by atoms with Gasteiger partial charge in [-0.05, 0) is 51.2 Å². The highest BCUT2D eigenvalue weighted by Crippen LogP contribution is 2.34. The van der Waals surface area contributed by atoms with Crippen molar-refractivity contribution in [2.45, 2.75) is 58.8 Å². The van der Waals surface area contributed by atoms with Gasteiger partial charge in [0.2, 0.25) is 5.95 Å². The molecule has 2 aliphatic heterocycles. The lowest BCUT2D eigenvalue weighted by Crippen LogP contribution is -2.33. The molecule has 0 spiro atoms. The first-order valence-electron chi connectivity index (χ1n) is 10.8. The molecule has 0 radical (unpaired) electrons. The van der Waals surface area contributed by atoms with Crippen molar-refractivity contribution in [3.05, 3.63) is 0 Å². The fourth-order valence-electron chi connectivity index (χ4n) is 4.08. The van der Waals surface area contributed by atoms with Crippen molar-refractivity contribution >= 4 is 23.3 Å². The SMILES string of the molecule is CCCCNc1nc(N)c2c(n1)N(CCCCC1CCN(CC)CC1)CN2. The van der Waals surface area contributed by atoms with Crippen LogP contribution in [0.25, 0.3) is 0 Å². The number of nitrogen functional groups attached to an aromatic ring is 1. The molecule has 1 fully saturated rings. The molecule has 4 N–H and O–H groups in total. The van der Waals surface area contributed by atoms with Crippen LogP contribution in [0.5, 0.6) is 0 Å². The van der Waals surface area contributed by atoms with Gasteiger partial charge in [0.1, 0.15) is 5.69 Å². The second-order valence-electron chi connectivity index (χ2n) is 7.88. The van der Waals surface area contributed by atoms with Crippen LogP contribution in [0.2, 0.25) is 0 Å². The Kier molecular flexibility index (Phi) is 7.38. The Morgan fingerprint density at radius 3 is 2.70 bits per heavy atom. The van der Waals surface area contributed by atoms with Crippen molar-refractivity contribution in [2.75, 3.05) is 60.7 Å². The number of aromatic nitrogens is 2. The number of anilines is 4. The number of piperidine rings is 1. The number of hydrogen-bond acceptors (Lipinski definition) is 7. The Morgan fingerprint density at radius 2 is 1.96 bits per heavy atom. The number of nitrogens with zero attached hydrogens (tertiary/aromatic N) is 4. The summed E-state index contributed by atoms with van der Waals surface area (Å²) in [5, 5.41) is 6.65. The molecule has 0 aliphatic carbocycles. The molecule has 0 aromatic carbocycles.